The van der Waals surface area contributed by atoms with Gasteiger partial charge in [0, 0.05) is 28.6 Å². The molecule has 3 aliphatic carbocycles. The number of hydrogen-bond acceptors (Lipinski definition) is 8. The van der Waals surface area contributed by atoms with E-state index in [1.165, 1.54) is 6.20 Å². The second-order valence-electron chi connectivity index (χ2n) is 12.2. The van der Waals surface area contributed by atoms with E-state index >= 15 is 0 Å². The van der Waals surface area contributed by atoms with Crippen LogP contribution in [-0.2, 0) is 25.6 Å². The molecular formula is C28H38BNO7. The molecule has 0 amide bonds. The van der Waals surface area contributed by atoms with E-state index in [1.54, 1.807) is 12.1 Å². The first-order chi connectivity index (χ1) is 17.5. The fourth-order valence-electron chi connectivity index (χ4n) is 7.99. The highest BCUT2D eigenvalue weighted by molar-refractivity contribution is 6.61. The summed E-state index contributed by atoms with van der Waals surface area (Å²) in [5.74, 6) is -0.190. The molecule has 9 heteroatoms. The smallest absolute Gasteiger partial charge is 0.480 e. The van der Waals surface area contributed by atoms with E-state index in [0.717, 1.165) is 19.3 Å². The molecule has 2 bridgehead atoms. The first-order valence-corrected chi connectivity index (χ1v) is 13.4. The number of pyridine rings is 1. The first-order valence-electron chi connectivity index (χ1n) is 13.4. The maximum Gasteiger partial charge on any atom is 0.493 e. The molecule has 3 saturated carbocycles. The summed E-state index contributed by atoms with van der Waals surface area (Å²) in [6, 6.07) is 1.62. The molecule has 1 aromatic rings. The minimum Gasteiger partial charge on any atom is -0.480 e. The molecule has 2 heterocycles. The molecule has 8 nitrogen and oxygen atoms in total. The minimum atomic E-state index is -1.06. The zero-order chi connectivity index (χ0) is 26.8. The molecule has 4 aliphatic rings. The van der Waals surface area contributed by atoms with Crippen LogP contribution in [0.25, 0.3) is 0 Å². The molecular weight excluding hydrogens is 473 g/mol. The van der Waals surface area contributed by atoms with E-state index in [1.807, 2.05) is 6.92 Å². The highest BCUT2D eigenvalue weighted by atomic mass is 16.6. The number of ether oxygens (including phenoxy) is 2. The van der Waals surface area contributed by atoms with Crippen molar-refractivity contribution in [2.45, 2.75) is 78.6 Å². The number of esters is 1. The number of carbonyl (C=O) groups is 2. The van der Waals surface area contributed by atoms with Gasteiger partial charge in [-0.05, 0) is 49.0 Å². The van der Waals surface area contributed by atoms with Gasteiger partial charge < -0.3 is 24.3 Å². The SMILES string of the molecule is C=C[C@]1(C)C[C@@H](OC(=O)COc2cnc3c(c2)B(O)OC3)[C@@]2(C)[C@@H]3C(=O)CC[C@@]3(CC[C@@H]2C)[C@@H](C)[C@@H]1O. The number of fused-ring (bicyclic) bond motifs is 1. The van der Waals surface area contributed by atoms with Crippen molar-refractivity contribution in [3.8, 4) is 5.75 Å². The monoisotopic (exact) mass is 511 g/mol. The number of hydrogen-bond donors (Lipinski definition) is 2. The number of ketones is 1. The van der Waals surface area contributed by atoms with Crippen LogP contribution in [0.5, 0.6) is 5.75 Å². The lowest BCUT2D eigenvalue weighted by atomic mass is 9.44. The molecule has 200 valence electrons. The summed E-state index contributed by atoms with van der Waals surface area (Å²) in [7, 11) is -1.06. The fourth-order valence-corrected chi connectivity index (χ4v) is 7.99. The van der Waals surface area contributed by atoms with Gasteiger partial charge in [-0.15, -0.1) is 6.58 Å². The molecule has 0 unspecified atom stereocenters. The van der Waals surface area contributed by atoms with Crippen molar-refractivity contribution in [3.05, 3.63) is 30.6 Å². The van der Waals surface area contributed by atoms with Crippen LogP contribution in [-0.4, -0.2) is 52.8 Å². The Kier molecular flexibility index (Phi) is 6.57. The van der Waals surface area contributed by atoms with Gasteiger partial charge in [0.2, 0.25) is 0 Å². The molecule has 3 fully saturated rings. The van der Waals surface area contributed by atoms with Crippen LogP contribution >= 0.6 is 0 Å². The third-order valence-corrected chi connectivity index (χ3v) is 10.6. The van der Waals surface area contributed by atoms with E-state index in [0.29, 0.717) is 29.7 Å². The minimum absolute atomic E-state index is 0.0783. The summed E-state index contributed by atoms with van der Waals surface area (Å²) in [6.07, 6.45) is 5.41. The summed E-state index contributed by atoms with van der Waals surface area (Å²) in [4.78, 5) is 30.9. The molecule has 1 aliphatic heterocycles. The molecule has 8 atom stereocenters. The lowest BCUT2D eigenvalue weighted by Crippen LogP contribution is -2.63. The molecule has 1 aromatic heterocycles. The van der Waals surface area contributed by atoms with Gasteiger partial charge in [-0.2, -0.15) is 0 Å². The Labute approximate surface area is 218 Å². The van der Waals surface area contributed by atoms with E-state index in [-0.39, 0.29) is 42.2 Å². The van der Waals surface area contributed by atoms with E-state index in [2.05, 4.69) is 32.3 Å². The standard InChI is InChI=1S/C28H38BNO7/c1-6-26(4)12-22(37-23(32)15-35-18-11-19-20(30-13-18)14-36-29(19)34)27(5)16(2)7-9-28(17(3)25(26)33)10-8-21(31)24(27)28/h6,11,13,16-17,22,24-25,33-34H,1,7-10,12,14-15H2,2-5H3/t16-,17-,22+,24-,25-,26+,27-,28-/m0/s1. The lowest BCUT2D eigenvalue weighted by Gasteiger charge is -2.61. The van der Waals surface area contributed by atoms with Crippen molar-refractivity contribution in [3.63, 3.8) is 0 Å². The van der Waals surface area contributed by atoms with Crippen molar-refractivity contribution in [2.24, 2.45) is 34.0 Å². The Morgan fingerprint density at radius 1 is 1.35 bits per heavy atom. The van der Waals surface area contributed by atoms with E-state index in [9.17, 15) is 19.7 Å². The molecule has 2 N–H and O–H groups in total. The number of aromatic nitrogens is 1. The van der Waals surface area contributed by atoms with Gasteiger partial charge in [0.05, 0.1) is 24.6 Å². The highest BCUT2D eigenvalue weighted by Crippen LogP contribution is 2.68. The van der Waals surface area contributed by atoms with Gasteiger partial charge in [0.25, 0.3) is 0 Å². The Bertz CT molecular complexity index is 1110. The normalized spacial score (nSPS) is 40.9. The third-order valence-electron chi connectivity index (χ3n) is 10.6. The van der Waals surface area contributed by atoms with Gasteiger partial charge >= 0.3 is 13.1 Å². The zero-order valence-electron chi connectivity index (χ0n) is 22.2. The van der Waals surface area contributed by atoms with Crippen molar-refractivity contribution >= 4 is 24.3 Å². The summed E-state index contributed by atoms with van der Waals surface area (Å²) in [6.45, 7) is 12.3. The number of aliphatic hydroxyl groups is 1. The predicted molar refractivity (Wildman–Crippen MR) is 137 cm³/mol. The van der Waals surface area contributed by atoms with Crippen LogP contribution in [0.1, 0.15) is 65.5 Å². The van der Waals surface area contributed by atoms with Crippen LogP contribution in [0.3, 0.4) is 0 Å². The highest BCUT2D eigenvalue weighted by Gasteiger charge is 2.68. The van der Waals surface area contributed by atoms with Gasteiger partial charge in [0.15, 0.2) is 6.61 Å². The van der Waals surface area contributed by atoms with Gasteiger partial charge in [-0.3, -0.25) is 9.78 Å². The van der Waals surface area contributed by atoms with Crippen LogP contribution in [0.4, 0.5) is 0 Å². The van der Waals surface area contributed by atoms with Crippen molar-refractivity contribution in [1.82, 2.24) is 4.98 Å². The van der Waals surface area contributed by atoms with Gasteiger partial charge in [-0.25, -0.2) is 4.79 Å². The van der Waals surface area contributed by atoms with Gasteiger partial charge in [-0.1, -0.05) is 33.8 Å². The molecule has 5 rings (SSSR count). The average molecular weight is 511 g/mol. The second kappa shape index (κ2) is 9.21. The largest absolute Gasteiger partial charge is 0.493 e. The molecule has 0 radical (unpaired) electrons. The topological polar surface area (TPSA) is 115 Å². The Balaban J connectivity index is 1.43. The number of carbonyl (C=O) groups excluding carboxylic acids is 2. The van der Waals surface area contributed by atoms with Crippen molar-refractivity contribution in [2.75, 3.05) is 6.61 Å². The summed E-state index contributed by atoms with van der Waals surface area (Å²) < 4.78 is 17.0. The third kappa shape index (κ3) is 3.96. The maximum atomic E-state index is 13.5. The maximum absolute atomic E-state index is 13.5. The molecule has 0 aromatic carbocycles. The Morgan fingerprint density at radius 2 is 2.11 bits per heavy atom. The van der Waals surface area contributed by atoms with E-state index < -0.39 is 36.1 Å². The number of Topliss-reactive ketones (excluding diaryl/α,β-unsaturated/α-hetero) is 1. The van der Waals surface area contributed by atoms with Crippen molar-refractivity contribution in [1.29, 1.82) is 0 Å². The Hall–Kier alpha value is -2.23. The summed E-state index contributed by atoms with van der Waals surface area (Å²) in [5, 5.41) is 21.5. The first kappa shape index (κ1) is 26.4. The van der Waals surface area contributed by atoms with Gasteiger partial charge in [0.1, 0.15) is 17.6 Å². The number of aliphatic hydroxyl groups excluding tert-OH is 1. The molecule has 0 saturated heterocycles. The predicted octanol–water partition coefficient (Wildman–Crippen LogP) is 2.58. The van der Waals surface area contributed by atoms with Crippen LogP contribution in [0, 0.1) is 34.0 Å². The number of rotatable bonds is 5. The van der Waals surface area contributed by atoms with Crippen LogP contribution in [0.15, 0.2) is 24.9 Å². The molecule has 0 spiro atoms. The fraction of sp³-hybridized carbons (Fsp3) is 0.679. The second-order valence-corrected chi connectivity index (χ2v) is 12.2. The molecule has 37 heavy (non-hydrogen) atoms. The average Bonchev–Trinajstić information content (AvgIpc) is 3.43. The summed E-state index contributed by atoms with van der Waals surface area (Å²) >= 11 is 0. The van der Waals surface area contributed by atoms with Crippen LogP contribution in [0.2, 0.25) is 0 Å². The lowest BCUT2D eigenvalue weighted by molar-refractivity contribution is -0.207. The van der Waals surface area contributed by atoms with Crippen LogP contribution < -0.4 is 10.2 Å². The van der Waals surface area contributed by atoms with Crippen molar-refractivity contribution < 1.29 is 33.8 Å². The van der Waals surface area contributed by atoms with E-state index in [4.69, 9.17) is 14.1 Å². The number of nitrogens with zero attached hydrogens (tertiary/aromatic N) is 1. The zero-order valence-corrected chi connectivity index (χ0v) is 22.2. The Morgan fingerprint density at radius 3 is 2.84 bits per heavy atom. The summed E-state index contributed by atoms with van der Waals surface area (Å²) in [5.41, 5.74) is -0.417. The quantitative estimate of drug-likeness (QED) is 0.352.